The Kier molecular flexibility index (Phi) is 4.71. The molecule has 0 aromatic carbocycles. The molecule has 0 aliphatic rings. The fourth-order valence-electron chi connectivity index (χ4n) is 1.69. The summed E-state index contributed by atoms with van der Waals surface area (Å²) in [5, 5.41) is 0. The number of hydrogen-bond donors (Lipinski definition) is 0. The van der Waals surface area contributed by atoms with Gasteiger partial charge in [-0.05, 0) is 17.8 Å². The highest BCUT2D eigenvalue weighted by Crippen LogP contribution is 2.46. The van der Waals surface area contributed by atoms with Gasteiger partial charge in [0, 0.05) is 0 Å². The minimum Gasteiger partial charge on any atom is -0.170 e. The summed E-state index contributed by atoms with van der Waals surface area (Å²) in [6.07, 6.45) is -10.5. The standard InChI is InChI=1S/C10H16F6/c1-5(2)6(3)7(4)8(9(11,12)13)10(14,15)16/h5-8H,1-4H3/t6-,7-/m0/s1. The predicted molar refractivity (Wildman–Crippen MR) is 48.8 cm³/mol. The van der Waals surface area contributed by atoms with E-state index < -0.39 is 30.1 Å². The maximum atomic E-state index is 12.4. The summed E-state index contributed by atoms with van der Waals surface area (Å²) in [7, 11) is 0. The zero-order chi connectivity index (χ0) is 13.3. The molecule has 0 amide bonds. The molecule has 0 spiro atoms. The summed E-state index contributed by atoms with van der Waals surface area (Å²) in [6, 6.07) is 0. The fraction of sp³-hybridized carbons (Fsp3) is 1.00. The molecule has 0 aromatic heterocycles. The molecular weight excluding hydrogens is 234 g/mol. The maximum absolute atomic E-state index is 12.4. The van der Waals surface area contributed by atoms with Gasteiger partial charge in [-0.15, -0.1) is 0 Å². The van der Waals surface area contributed by atoms with Crippen LogP contribution in [0.25, 0.3) is 0 Å². The number of hydrogen-bond acceptors (Lipinski definition) is 0. The molecule has 0 aliphatic carbocycles. The third kappa shape index (κ3) is 3.87. The van der Waals surface area contributed by atoms with Crippen molar-refractivity contribution in [1.29, 1.82) is 0 Å². The van der Waals surface area contributed by atoms with Crippen LogP contribution in [0.2, 0.25) is 0 Å². The van der Waals surface area contributed by atoms with Crippen molar-refractivity contribution in [3.63, 3.8) is 0 Å². The van der Waals surface area contributed by atoms with Crippen LogP contribution in [0.4, 0.5) is 26.3 Å². The summed E-state index contributed by atoms with van der Waals surface area (Å²) in [5.41, 5.74) is 0. The molecular formula is C10H16F6. The Labute approximate surface area is 91.0 Å². The van der Waals surface area contributed by atoms with E-state index in [0.717, 1.165) is 6.92 Å². The Balaban J connectivity index is 5.08. The van der Waals surface area contributed by atoms with Gasteiger partial charge in [-0.1, -0.05) is 27.7 Å². The Hall–Kier alpha value is -0.420. The highest BCUT2D eigenvalue weighted by atomic mass is 19.4. The van der Waals surface area contributed by atoms with Gasteiger partial charge in [-0.2, -0.15) is 26.3 Å². The van der Waals surface area contributed by atoms with E-state index in [2.05, 4.69) is 0 Å². The summed E-state index contributed by atoms with van der Waals surface area (Å²) < 4.78 is 74.2. The van der Waals surface area contributed by atoms with E-state index in [1.807, 2.05) is 0 Å². The van der Waals surface area contributed by atoms with Crippen molar-refractivity contribution in [3.05, 3.63) is 0 Å². The molecule has 0 unspecified atom stereocenters. The Morgan fingerprint density at radius 3 is 1.12 bits per heavy atom. The van der Waals surface area contributed by atoms with Crippen LogP contribution in [-0.4, -0.2) is 12.4 Å². The average Bonchev–Trinajstić information content (AvgIpc) is 1.96. The van der Waals surface area contributed by atoms with Crippen LogP contribution in [0.15, 0.2) is 0 Å². The zero-order valence-corrected chi connectivity index (χ0v) is 9.58. The van der Waals surface area contributed by atoms with Crippen molar-refractivity contribution in [3.8, 4) is 0 Å². The first kappa shape index (κ1) is 15.6. The highest BCUT2D eigenvalue weighted by molar-refractivity contribution is 4.83. The summed E-state index contributed by atoms with van der Waals surface area (Å²) in [4.78, 5) is 0. The second-order valence-corrected chi connectivity index (χ2v) is 4.52. The fourth-order valence-corrected chi connectivity index (χ4v) is 1.69. The van der Waals surface area contributed by atoms with E-state index in [1.165, 1.54) is 6.92 Å². The molecule has 0 N–H and O–H groups in total. The molecule has 0 nitrogen and oxygen atoms in total. The summed E-state index contributed by atoms with van der Waals surface area (Å²) in [5.74, 6) is -5.58. The lowest BCUT2D eigenvalue weighted by Crippen LogP contribution is -2.43. The van der Waals surface area contributed by atoms with E-state index in [1.54, 1.807) is 13.8 Å². The molecule has 0 aliphatic heterocycles. The van der Waals surface area contributed by atoms with Crippen LogP contribution < -0.4 is 0 Å². The second kappa shape index (κ2) is 4.84. The molecule has 0 aromatic rings. The molecule has 0 fully saturated rings. The smallest absolute Gasteiger partial charge is 0.170 e. The highest BCUT2D eigenvalue weighted by Gasteiger charge is 2.59. The van der Waals surface area contributed by atoms with E-state index in [4.69, 9.17) is 0 Å². The van der Waals surface area contributed by atoms with Gasteiger partial charge >= 0.3 is 12.4 Å². The van der Waals surface area contributed by atoms with Crippen molar-refractivity contribution < 1.29 is 26.3 Å². The molecule has 0 saturated carbocycles. The number of alkyl halides is 6. The average molecular weight is 250 g/mol. The lowest BCUT2D eigenvalue weighted by Gasteiger charge is -2.33. The monoisotopic (exact) mass is 250 g/mol. The first-order chi connectivity index (χ1) is 6.89. The number of halogens is 6. The predicted octanol–water partition coefficient (Wildman–Crippen LogP) is 4.66. The van der Waals surface area contributed by atoms with Crippen LogP contribution in [0.3, 0.4) is 0 Å². The molecule has 16 heavy (non-hydrogen) atoms. The SMILES string of the molecule is CC(C)[C@H](C)[C@H](C)C(C(F)(F)F)C(F)(F)F. The Morgan fingerprint density at radius 2 is 0.938 bits per heavy atom. The van der Waals surface area contributed by atoms with E-state index >= 15 is 0 Å². The molecule has 0 rings (SSSR count). The topological polar surface area (TPSA) is 0 Å². The Bertz CT molecular complexity index is 200. The first-order valence-electron chi connectivity index (χ1n) is 5.02. The lowest BCUT2D eigenvalue weighted by molar-refractivity contribution is -0.301. The van der Waals surface area contributed by atoms with Crippen molar-refractivity contribution in [2.45, 2.75) is 40.0 Å². The normalized spacial score (nSPS) is 18.0. The minimum atomic E-state index is -5.24. The lowest BCUT2D eigenvalue weighted by atomic mass is 9.77. The van der Waals surface area contributed by atoms with Crippen molar-refractivity contribution in [1.82, 2.24) is 0 Å². The van der Waals surface area contributed by atoms with Crippen molar-refractivity contribution in [2.75, 3.05) is 0 Å². The van der Waals surface area contributed by atoms with Crippen LogP contribution in [0.1, 0.15) is 27.7 Å². The third-order valence-electron chi connectivity index (χ3n) is 3.11. The molecule has 2 atom stereocenters. The van der Waals surface area contributed by atoms with Gasteiger partial charge < -0.3 is 0 Å². The van der Waals surface area contributed by atoms with Crippen LogP contribution in [-0.2, 0) is 0 Å². The number of rotatable bonds is 3. The van der Waals surface area contributed by atoms with Crippen LogP contribution in [0, 0.1) is 23.7 Å². The van der Waals surface area contributed by atoms with E-state index in [9.17, 15) is 26.3 Å². The van der Waals surface area contributed by atoms with Gasteiger partial charge in [-0.25, -0.2) is 0 Å². The van der Waals surface area contributed by atoms with Gasteiger partial charge in [0.1, 0.15) is 0 Å². The van der Waals surface area contributed by atoms with Crippen molar-refractivity contribution in [2.24, 2.45) is 23.7 Å². The summed E-state index contributed by atoms with van der Waals surface area (Å²) >= 11 is 0. The van der Waals surface area contributed by atoms with Crippen LogP contribution >= 0.6 is 0 Å². The van der Waals surface area contributed by atoms with Gasteiger partial charge in [0.05, 0.1) is 0 Å². The zero-order valence-electron chi connectivity index (χ0n) is 9.58. The maximum Gasteiger partial charge on any atom is 0.400 e. The van der Waals surface area contributed by atoms with Crippen molar-refractivity contribution >= 4 is 0 Å². The molecule has 6 heteroatoms. The molecule has 98 valence electrons. The molecule has 0 radical (unpaired) electrons. The van der Waals surface area contributed by atoms with Gasteiger partial charge in [0.15, 0.2) is 5.92 Å². The minimum absolute atomic E-state index is 0.220. The van der Waals surface area contributed by atoms with Crippen LogP contribution in [0.5, 0.6) is 0 Å². The van der Waals surface area contributed by atoms with Gasteiger partial charge in [-0.3, -0.25) is 0 Å². The summed E-state index contributed by atoms with van der Waals surface area (Å²) in [6.45, 7) is 5.66. The first-order valence-corrected chi connectivity index (χ1v) is 5.02. The van der Waals surface area contributed by atoms with Gasteiger partial charge in [0.25, 0.3) is 0 Å². The largest absolute Gasteiger partial charge is 0.400 e. The molecule has 0 bridgehead atoms. The van der Waals surface area contributed by atoms with E-state index in [0.29, 0.717) is 0 Å². The van der Waals surface area contributed by atoms with E-state index in [-0.39, 0.29) is 5.92 Å². The molecule has 0 heterocycles. The Morgan fingerprint density at radius 1 is 0.625 bits per heavy atom. The second-order valence-electron chi connectivity index (χ2n) is 4.52. The molecule has 0 saturated heterocycles. The third-order valence-corrected chi connectivity index (χ3v) is 3.11. The van der Waals surface area contributed by atoms with Gasteiger partial charge in [0.2, 0.25) is 0 Å². The quantitative estimate of drug-likeness (QED) is 0.639.